The molecule has 2 aromatic heterocycles. The van der Waals surface area contributed by atoms with Crippen molar-refractivity contribution in [1.29, 1.82) is 0 Å². The van der Waals surface area contributed by atoms with E-state index in [1.807, 2.05) is 34.6 Å². The van der Waals surface area contributed by atoms with E-state index in [0.29, 0.717) is 27.7 Å². The summed E-state index contributed by atoms with van der Waals surface area (Å²) in [6, 6.07) is 3.33. The topological polar surface area (TPSA) is 43.4 Å². The van der Waals surface area contributed by atoms with Crippen molar-refractivity contribution in [1.82, 2.24) is 0 Å². The second-order valence-corrected chi connectivity index (χ2v) is 7.10. The summed E-state index contributed by atoms with van der Waals surface area (Å²) in [6.07, 6.45) is 0. The molecule has 0 bridgehead atoms. The summed E-state index contributed by atoms with van der Waals surface area (Å²) in [5, 5.41) is 1.88. The Bertz CT molecular complexity index is 1280. The number of hydrogen-bond acceptors (Lipinski definition) is 3. The molecule has 0 aliphatic heterocycles. The van der Waals surface area contributed by atoms with Crippen molar-refractivity contribution in [2.24, 2.45) is 0 Å². The summed E-state index contributed by atoms with van der Waals surface area (Å²) >= 11 is 0. The van der Waals surface area contributed by atoms with Gasteiger partial charge in [-0.05, 0) is 49.9 Å². The SMILES string of the molecule is Cc1[c-]c2c(oc3oc4c(C)c(C)c(C)c(C)c4c(=O)c32)c(C)c1C.[Y].[Y].[Y].[Y]. The minimum atomic E-state index is -0.0300. The predicted molar refractivity (Wildman–Crippen MR) is 102 cm³/mol. The fourth-order valence-corrected chi connectivity index (χ4v) is 3.70. The zero-order valence-corrected chi connectivity index (χ0v) is 29.4. The van der Waals surface area contributed by atoms with Crippen LogP contribution in [0.4, 0.5) is 0 Å². The van der Waals surface area contributed by atoms with E-state index in [-0.39, 0.29) is 136 Å². The molecule has 0 unspecified atom stereocenters. The van der Waals surface area contributed by atoms with E-state index in [9.17, 15) is 4.79 Å². The minimum absolute atomic E-state index is 0. The number of benzene rings is 2. The van der Waals surface area contributed by atoms with E-state index in [2.05, 4.69) is 19.9 Å². The molecule has 7 heteroatoms. The predicted octanol–water partition coefficient (Wildman–Crippen LogP) is 5.64. The first-order chi connectivity index (χ1) is 11.7. The third kappa shape index (κ3) is 4.75. The number of hydrogen-bond donors (Lipinski definition) is 0. The van der Waals surface area contributed by atoms with Crippen LogP contribution in [0, 0.1) is 54.5 Å². The van der Waals surface area contributed by atoms with Crippen molar-refractivity contribution in [3.05, 3.63) is 55.2 Å². The summed E-state index contributed by atoms with van der Waals surface area (Å²) in [5.74, 6) is 0.294. The molecule has 0 aliphatic carbocycles. The summed E-state index contributed by atoms with van der Waals surface area (Å²) in [7, 11) is 0. The van der Waals surface area contributed by atoms with Crippen molar-refractivity contribution in [3.8, 4) is 0 Å². The molecular weight excluding hydrogens is 668 g/mol. The number of fused-ring (bicyclic) bond motifs is 4. The van der Waals surface area contributed by atoms with Crippen molar-refractivity contribution in [3.63, 3.8) is 0 Å². The Kier molecular flexibility index (Phi) is 12.1. The first-order valence-corrected chi connectivity index (χ1v) is 8.52. The quantitative estimate of drug-likeness (QED) is 0.225. The van der Waals surface area contributed by atoms with E-state index in [4.69, 9.17) is 8.83 Å². The normalized spacial score (nSPS) is 10.3. The van der Waals surface area contributed by atoms with E-state index in [0.717, 1.165) is 44.3 Å². The molecular formula is C22H21O3Y4-. The van der Waals surface area contributed by atoms with Crippen LogP contribution < -0.4 is 5.43 Å². The Morgan fingerprint density at radius 3 is 1.66 bits per heavy atom. The third-order valence-corrected chi connectivity index (χ3v) is 5.93. The first-order valence-electron chi connectivity index (χ1n) is 8.52. The van der Waals surface area contributed by atoms with Crippen molar-refractivity contribution in [2.45, 2.75) is 48.5 Å². The van der Waals surface area contributed by atoms with Gasteiger partial charge in [-0.1, -0.05) is 31.7 Å². The third-order valence-electron chi connectivity index (χ3n) is 5.93. The van der Waals surface area contributed by atoms with Gasteiger partial charge in [0.15, 0.2) is 5.43 Å². The van der Waals surface area contributed by atoms with Gasteiger partial charge in [0, 0.05) is 142 Å². The molecule has 0 atom stereocenters. The molecule has 29 heavy (non-hydrogen) atoms. The van der Waals surface area contributed by atoms with E-state index < -0.39 is 0 Å². The molecule has 0 saturated heterocycles. The standard InChI is InChI=1S/C22H21O3.4Y/c1-9-8-16-18-19(23)17-13(5)11(3)12(4)15(7)21(17)25-22(18)24-20(16)14(6)10(9)2;;;;/h1-7H3;;;;/q-1;;;;. The zero-order valence-electron chi connectivity index (χ0n) is 18.0. The fourth-order valence-electron chi connectivity index (χ4n) is 3.70. The second-order valence-electron chi connectivity index (χ2n) is 7.10. The molecule has 0 fully saturated rings. The van der Waals surface area contributed by atoms with Crippen molar-refractivity contribution < 1.29 is 140 Å². The molecule has 4 aromatic rings. The molecule has 0 amide bonds. The average molecular weight is 689 g/mol. The first kappa shape index (κ1) is 30.9. The van der Waals surface area contributed by atoms with Crippen LogP contribution in [0.5, 0.6) is 0 Å². The molecule has 4 radical (unpaired) electrons. The maximum Gasteiger partial charge on any atom is 0.247 e. The van der Waals surface area contributed by atoms with Gasteiger partial charge in [0.1, 0.15) is 5.58 Å². The van der Waals surface area contributed by atoms with Gasteiger partial charge in [0.2, 0.25) is 5.78 Å². The molecule has 3 nitrogen and oxygen atoms in total. The number of furan rings is 1. The van der Waals surface area contributed by atoms with Gasteiger partial charge in [-0.2, -0.15) is 0 Å². The van der Waals surface area contributed by atoms with Crippen LogP contribution in [0.3, 0.4) is 0 Å². The molecule has 2 heterocycles. The minimum Gasteiger partial charge on any atom is -0.481 e. The Morgan fingerprint density at radius 1 is 0.586 bits per heavy atom. The average Bonchev–Trinajstić information content (AvgIpc) is 2.94. The van der Waals surface area contributed by atoms with E-state index >= 15 is 0 Å². The fraction of sp³-hybridized carbons (Fsp3) is 0.318. The molecule has 0 N–H and O–H groups in total. The molecule has 0 saturated carbocycles. The van der Waals surface area contributed by atoms with Crippen molar-refractivity contribution >= 4 is 33.1 Å². The van der Waals surface area contributed by atoms with Crippen LogP contribution in [0.15, 0.2) is 13.6 Å². The summed E-state index contributed by atoms with van der Waals surface area (Å²) < 4.78 is 12.1. The summed E-state index contributed by atoms with van der Waals surface area (Å²) in [6.45, 7) is 14.2. The molecule has 4 rings (SSSR count). The zero-order chi connectivity index (χ0) is 18.2. The van der Waals surface area contributed by atoms with Gasteiger partial charge < -0.3 is 8.83 Å². The Morgan fingerprint density at radius 2 is 1.07 bits per heavy atom. The van der Waals surface area contributed by atoms with Crippen LogP contribution in [-0.4, -0.2) is 0 Å². The Hall–Kier alpha value is 1.87. The van der Waals surface area contributed by atoms with Gasteiger partial charge in [-0.3, -0.25) is 4.79 Å². The Labute approximate surface area is 271 Å². The number of rotatable bonds is 0. The van der Waals surface area contributed by atoms with Crippen LogP contribution in [0.2, 0.25) is 0 Å². The van der Waals surface area contributed by atoms with Crippen LogP contribution in [0.25, 0.3) is 33.1 Å². The van der Waals surface area contributed by atoms with Crippen LogP contribution >= 0.6 is 0 Å². The van der Waals surface area contributed by atoms with E-state index in [1.54, 1.807) is 0 Å². The van der Waals surface area contributed by atoms with Gasteiger partial charge in [-0.25, -0.2) is 0 Å². The smallest absolute Gasteiger partial charge is 0.247 e. The van der Waals surface area contributed by atoms with Crippen LogP contribution in [0.1, 0.15) is 38.9 Å². The Balaban J connectivity index is 0.00000196. The monoisotopic (exact) mass is 689 g/mol. The maximum absolute atomic E-state index is 13.4. The summed E-state index contributed by atoms with van der Waals surface area (Å²) in [4.78, 5) is 13.4. The van der Waals surface area contributed by atoms with Gasteiger partial charge >= 0.3 is 0 Å². The van der Waals surface area contributed by atoms with Gasteiger partial charge in [-0.15, -0.1) is 17.2 Å². The maximum atomic E-state index is 13.4. The molecule has 0 aliphatic rings. The van der Waals surface area contributed by atoms with Gasteiger partial charge in [0.05, 0.1) is 5.39 Å². The largest absolute Gasteiger partial charge is 0.481 e. The van der Waals surface area contributed by atoms with Gasteiger partial charge in [0.25, 0.3) is 0 Å². The molecule has 140 valence electrons. The van der Waals surface area contributed by atoms with Crippen LogP contribution in [-0.2, 0) is 131 Å². The van der Waals surface area contributed by atoms with E-state index in [1.165, 1.54) is 0 Å². The molecule has 2 aromatic carbocycles. The number of aryl methyl sites for hydroxylation is 4. The summed E-state index contributed by atoms with van der Waals surface area (Å²) in [5.41, 5.74) is 8.73. The van der Waals surface area contributed by atoms with Crippen molar-refractivity contribution in [2.75, 3.05) is 0 Å². The molecule has 0 spiro atoms. The second kappa shape index (κ2) is 11.3.